The Labute approximate surface area is 119 Å². The Balaban J connectivity index is 1.98. The molecule has 8 heteroatoms. The Morgan fingerprint density at radius 2 is 2.15 bits per heavy atom. The van der Waals surface area contributed by atoms with Gasteiger partial charge in [0, 0.05) is 32.4 Å². The number of hydrogen-bond donors (Lipinski definition) is 1. The fourth-order valence-electron chi connectivity index (χ4n) is 2.25. The van der Waals surface area contributed by atoms with Crippen LogP contribution in [0.25, 0.3) is 0 Å². The Hall–Kier alpha value is -0.960. The van der Waals surface area contributed by atoms with Crippen LogP contribution in [0.2, 0.25) is 0 Å². The van der Waals surface area contributed by atoms with E-state index in [4.69, 9.17) is 10.5 Å². The summed E-state index contributed by atoms with van der Waals surface area (Å²) in [6.07, 6.45) is 4.64. The van der Waals surface area contributed by atoms with Gasteiger partial charge >= 0.3 is 0 Å². The number of aromatic nitrogens is 2. The zero-order chi connectivity index (χ0) is 14.6. The van der Waals surface area contributed by atoms with Gasteiger partial charge in [-0.05, 0) is 19.8 Å². The third-order valence-corrected chi connectivity index (χ3v) is 5.24. The van der Waals surface area contributed by atoms with Crippen LogP contribution in [-0.2, 0) is 21.3 Å². The SMILES string of the molecule is CCn1cnc(S(=O)(=O)N2CCC(OCCN)CC2)c1. The summed E-state index contributed by atoms with van der Waals surface area (Å²) in [4.78, 5) is 3.99. The van der Waals surface area contributed by atoms with Crippen molar-refractivity contribution in [2.45, 2.75) is 37.4 Å². The van der Waals surface area contributed by atoms with Gasteiger partial charge in [-0.1, -0.05) is 0 Å². The van der Waals surface area contributed by atoms with E-state index in [9.17, 15) is 8.42 Å². The summed E-state index contributed by atoms with van der Waals surface area (Å²) in [6, 6.07) is 0. The van der Waals surface area contributed by atoms with E-state index in [1.165, 1.54) is 4.31 Å². The van der Waals surface area contributed by atoms with Crippen LogP contribution in [0.1, 0.15) is 19.8 Å². The van der Waals surface area contributed by atoms with Gasteiger partial charge in [-0.25, -0.2) is 13.4 Å². The maximum Gasteiger partial charge on any atom is 0.262 e. The lowest BCUT2D eigenvalue weighted by atomic mass is 10.1. The van der Waals surface area contributed by atoms with E-state index in [0.717, 1.165) is 0 Å². The molecule has 0 aromatic carbocycles. The molecule has 0 amide bonds. The van der Waals surface area contributed by atoms with Crippen molar-refractivity contribution in [3.05, 3.63) is 12.5 Å². The van der Waals surface area contributed by atoms with E-state index in [2.05, 4.69) is 4.98 Å². The van der Waals surface area contributed by atoms with Gasteiger partial charge in [0.25, 0.3) is 10.0 Å². The highest BCUT2D eigenvalue weighted by Crippen LogP contribution is 2.20. The summed E-state index contributed by atoms with van der Waals surface area (Å²) >= 11 is 0. The summed E-state index contributed by atoms with van der Waals surface area (Å²) in [5.41, 5.74) is 5.39. The number of piperidine rings is 1. The van der Waals surface area contributed by atoms with Crippen LogP contribution < -0.4 is 5.73 Å². The maximum absolute atomic E-state index is 12.4. The van der Waals surface area contributed by atoms with Gasteiger partial charge in [0.05, 0.1) is 19.0 Å². The van der Waals surface area contributed by atoms with Crippen LogP contribution in [-0.4, -0.2) is 54.6 Å². The molecular formula is C12H22N4O3S. The molecule has 20 heavy (non-hydrogen) atoms. The Morgan fingerprint density at radius 1 is 1.45 bits per heavy atom. The quantitative estimate of drug-likeness (QED) is 0.800. The summed E-state index contributed by atoms with van der Waals surface area (Å²) in [7, 11) is -3.47. The van der Waals surface area contributed by atoms with E-state index in [0.29, 0.717) is 45.6 Å². The van der Waals surface area contributed by atoms with Gasteiger partial charge in [-0.2, -0.15) is 4.31 Å². The van der Waals surface area contributed by atoms with E-state index in [1.54, 1.807) is 17.1 Å². The molecule has 0 aliphatic carbocycles. The highest BCUT2D eigenvalue weighted by Gasteiger charge is 2.31. The Bertz CT molecular complexity index is 521. The number of aryl methyl sites for hydroxylation is 1. The highest BCUT2D eigenvalue weighted by atomic mass is 32.2. The molecule has 0 unspecified atom stereocenters. The number of ether oxygens (including phenoxy) is 1. The number of hydrogen-bond acceptors (Lipinski definition) is 5. The minimum atomic E-state index is -3.47. The van der Waals surface area contributed by atoms with Crippen molar-refractivity contribution < 1.29 is 13.2 Å². The first-order chi connectivity index (χ1) is 9.57. The third kappa shape index (κ3) is 3.38. The highest BCUT2D eigenvalue weighted by molar-refractivity contribution is 7.89. The Kier molecular flexibility index (Phi) is 5.14. The molecule has 0 spiro atoms. The molecule has 1 aliphatic heterocycles. The summed E-state index contributed by atoms with van der Waals surface area (Å²) < 4.78 is 33.6. The number of imidazole rings is 1. The first kappa shape index (κ1) is 15.4. The molecule has 2 rings (SSSR count). The number of nitrogens with two attached hydrogens (primary N) is 1. The molecule has 1 aliphatic rings. The third-order valence-electron chi connectivity index (χ3n) is 3.45. The average molecular weight is 302 g/mol. The molecule has 0 radical (unpaired) electrons. The lowest BCUT2D eigenvalue weighted by Gasteiger charge is -2.30. The molecular weight excluding hydrogens is 280 g/mol. The number of sulfonamides is 1. The summed E-state index contributed by atoms with van der Waals surface area (Å²) in [5.74, 6) is 0. The first-order valence-electron chi connectivity index (χ1n) is 6.91. The van der Waals surface area contributed by atoms with Crippen LogP contribution in [0.5, 0.6) is 0 Å². The van der Waals surface area contributed by atoms with Crippen LogP contribution in [0, 0.1) is 0 Å². The summed E-state index contributed by atoms with van der Waals surface area (Å²) in [6.45, 7) is 4.61. The number of nitrogens with zero attached hydrogens (tertiary/aromatic N) is 3. The van der Waals surface area contributed by atoms with Crippen molar-refractivity contribution in [1.82, 2.24) is 13.9 Å². The zero-order valence-electron chi connectivity index (χ0n) is 11.7. The van der Waals surface area contributed by atoms with Crippen LogP contribution in [0.3, 0.4) is 0 Å². The molecule has 114 valence electrons. The molecule has 2 N–H and O–H groups in total. The monoisotopic (exact) mass is 302 g/mol. The lowest BCUT2D eigenvalue weighted by Crippen LogP contribution is -2.41. The second-order valence-electron chi connectivity index (χ2n) is 4.81. The molecule has 1 fully saturated rings. The fraction of sp³-hybridized carbons (Fsp3) is 0.750. The molecule has 0 atom stereocenters. The molecule has 1 saturated heterocycles. The van der Waals surface area contributed by atoms with Gasteiger partial charge < -0.3 is 15.0 Å². The van der Waals surface area contributed by atoms with Crippen molar-refractivity contribution >= 4 is 10.0 Å². The van der Waals surface area contributed by atoms with E-state index in [1.807, 2.05) is 6.92 Å². The smallest absolute Gasteiger partial charge is 0.262 e. The van der Waals surface area contributed by atoms with E-state index < -0.39 is 10.0 Å². The predicted octanol–water partition coefficient (Wildman–Crippen LogP) is 0.0314. The predicted molar refractivity (Wildman–Crippen MR) is 74.7 cm³/mol. The molecule has 0 bridgehead atoms. The topological polar surface area (TPSA) is 90.5 Å². The normalized spacial score (nSPS) is 18.5. The van der Waals surface area contributed by atoms with Gasteiger partial charge in [-0.3, -0.25) is 0 Å². The van der Waals surface area contributed by atoms with Gasteiger partial charge in [-0.15, -0.1) is 0 Å². The van der Waals surface area contributed by atoms with Crippen molar-refractivity contribution in [3.8, 4) is 0 Å². The minimum absolute atomic E-state index is 0.109. The van der Waals surface area contributed by atoms with Gasteiger partial charge in [0.15, 0.2) is 5.03 Å². The van der Waals surface area contributed by atoms with Crippen molar-refractivity contribution in [3.63, 3.8) is 0 Å². The molecule has 7 nitrogen and oxygen atoms in total. The second kappa shape index (κ2) is 6.66. The Morgan fingerprint density at radius 3 is 2.70 bits per heavy atom. The maximum atomic E-state index is 12.4. The van der Waals surface area contributed by atoms with Crippen LogP contribution >= 0.6 is 0 Å². The first-order valence-corrected chi connectivity index (χ1v) is 8.35. The minimum Gasteiger partial charge on any atom is -0.377 e. The van der Waals surface area contributed by atoms with Crippen molar-refractivity contribution in [2.24, 2.45) is 5.73 Å². The number of rotatable bonds is 6. The van der Waals surface area contributed by atoms with Crippen LogP contribution in [0.4, 0.5) is 0 Å². The van der Waals surface area contributed by atoms with Crippen molar-refractivity contribution in [2.75, 3.05) is 26.2 Å². The van der Waals surface area contributed by atoms with Gasteiger partial charge in [0.2, 0.25) is 0 Å². The standard InChI is InChI=1S/C12H22N4O3S/c1-2-15-9-12(14-10-15)20(17,18)16-6-3-11(4-7-16)19-8-5-13/h9-11H,2-8,13H2,1H3. The van der Waals surface area contributed by atoms with E-state index in [-0.39, 0.29) is 11.1 Å². The second-order valence-corrected chi connectivity index (χ2v) is 6.69. The molecule has 1 aromatic rings. The van der Waals surface area contributed by atoms with Crippen molar-refractivity contribution in [1.29, 1.82) is 0 Å². The van der Waals surface area contributed by atoms with Gasteiger partial charge in [0.1, 0.15) is 0 Å². The molecule has 2 heterocycles. The fourth-order valence-corrected chi connectivity index (χ4v) is 3.66. The molecule has 1 aromatic heterocycles. The average Bonchev–Trinajstić information content (AvgIpc) is 2.95. The lowest BCUT2D eigenvalue weighted by molar-refractivity contribution is 0.0257. The molecule has 0 saturated carbocycles. The summed E-state index contributed by atoms with van der Waals surface area (Å²) in [5, 5.41) is 0.126. The van der Waals surface area contributed by atoms with E-state index >= 15 is 0 Å². The zero-order valence-corrected chi connectivity index (χ0v) is 12.6. The largest absolute Gasteiger partial charge is 0.377 e. The van der Waals surface area contributed by atoms with Crippen LogP contribution in [0.15, 0.2) is 17.6 Å².